The van der Waals surface area contributed by atoms with Crippen LogP contribution in [0.1, 0.15) is 36.6 Å². The molecule has 7 nitrogen and oxygen atoms in total. The molecule has 1 saturated carbocycles. The molecule has 2 aliphatic rings. The number of thioether (sulfide) groups is 1. The first-order valence-corrected chi connectivity index (χ1v) is 11.9. The summed E-state index contributed by atoms with van der Waals surface area (Å²) >= 11 is 1.35. The van der Waals surface area contributed by atoms with Gasteiger partial charge in [-0.05, 0) is 24.8 Å². The van der Waals surface area contributed by atoms with Crippen LogP contribution in [0.3, 0.4) is 0 Å². The van der Waals surface area contributed by atoms with Gasteiger partial charge in [0.25, 0.3) is 0 Å². The molecule has 0 radical (unpaired) electrons. The van der Waals surface area contributed by atoms with Gasteiger partial charge < -0.3 is 9.88 Å². The van der Waals surface area contributed by atoms with Gasteiger partial charge in [0, 0.05) is 12.0 Å². The lowest BCUT2D eigenvalue weighted by Crippen LogP contribution is -2.36. The van der Waals surface area contributed by atoms with Crippen LogP contribution in [0.2, 0.25) is 0 Å². The van der Waals surface area contributed by atoms with E-state index in [0.29, 0.717) is 18.9 Å². The lowest BCUT2D eigenvalue weighted by molar-refractivity contribution is -0.119. The zero-order valence-corrected chi connectivity index (χ0v) is 16.5. The fourth-order valence-electron chi connectivity index (χ4n) is 3.27. The summed E-state index contributed by atoms with van der Waals surface area (Å²) in [6, 6.07) is 9.86. The maximum atomic E-state index is 12.2. The van der Waals surface area contributed by atoms with Gasteiger partial charge in [-0.15, -0.1) is 10.2 Å². The van der Waals surface area contributed by atoms with E-state index in [1.54, 1.807) is 0 Å². The van der Waals surface area contributed by atoms with Crippen LogP contribution in [0.4, 0.5) is 0 Å². The summed E-state index contributed by atoms with van der Waals surface area (Å²) in [5, 5.41) is 12.2. The van der Waals surface area contributed by atoms with Gasteiger partial charge in [0.15, 0.2) is 15.0 Å². The first-order chi connectivity index (χ1) is 13.0. The van der Waals surface area contributed by atoms with E-state index in [-0.39, 0.29) is 29.2 Å². The molecule has 1 N–H and O–H groups in total. The van der Waals surface area contributed by atoms with Crippen LogP contribution in [0, 0.1) is 0 Å². The Labute approximate surface area is 162 Å². The van der Waals surface area contributed by atoms with Gasteiger partial charge >= 0.3 is 0 Å². The van der Waals surface area contributed by atoms with Crippen LogP contribution in [-0.4, -0.2) is 52.4 Å². The smallest absolute Gasteiger partial charge is 0.230 e. The molecule has 1 aliphatic heterocycles. The van der Waals surface area contributed by atoms with E-state index in [2.05, 4.69) is 32.2 Å². The molecule has 9 heteroatoms. The predicted molar refractivity (Wildman–Crippen MR) is 103 cm³/mol. The molecule has 0 spiro atoms. The average molecular weight is 407 g/mol. The van der Waals surface area contributed by atoms with Crippen LogP contribution < -0.4 is 5.32 Å². The van der Waals surface area contributed by atoms with Crippen LogP contribution >= 0.6 is 11.8 Å². The standard InChI is InChI=1S/C18H22N4O3S2/c23-16(19-15-8-9-27(24,25)12-15)11-26-18-21-20-17(14-6-7-14)22(18)10-13-4-2-1-3-5-13/h1-5,14-15H,6-12H2,(H,19,23)/t15-/m1/s1. The van der Waals surface area contributed by atoms with Crippen LogP contribution in [-0.2, 0) is 21.2 Å². The number of aromatic nitrogens is 3. The molecule has 4 rings (SSSR count). The number of hydrogen-bond acceptors (Lipinski definition) is 6. The Kier molecular flexibility index (Phi) is 5.23. The minimum atomic E-state index is -3.00. The highest BCUT2D eigenvalue weighted by Crippen LogP contribution is 2.40. The fraction of sp³-hybridized carbons (Fsp3) is 0.500. The van der Waals surface area contributed by atoms with Gasteiger partial charge in [0.05, 0.1) is 23.8 Å². The Morgan fingerprint density at radius 3 is 2.63 bits per heavy atom. The van der Waals surface area contributed by atoms with E-state index in [4.69, 9.17) is 0 Å². The van der Waals surface area contributed by atoms with Gasteiger partial charge in [0.2, 0.25) is 5.91 Å². The molecule has 1 atom stereocenters. The van der Waals surface area contributed by atoms with Crippen molar-refractivity contribution in [1.29, 1.82) is 0 Å². The molecule has 144 valence electrons. The maximum absolute atomic E-state index is 12.2. The van der Waals surface area contributed by atoms with Crippen molar-refractivity contribution in [3.8, 4) is 0 Å². The monoisotopic (exact) mass is 406 g/mol. The van der Waals surface area contributed by atoms with E-state index in [1.165, 1.54) is 17.3 Å². The molecule has 0 bridgehead atoms. The maximum Gasteiger partial charge on any atom is 0.230 e. The third-order valence-corrected chi connectivity index (χ3v) is 7.54. The Hall–Kier alpha value is -1.87. The van der Waals surface area contributed by atoms with E-state index in [9.17, 15) is 13.2 Å². The fourth-order valence-corrected chi connectivity index (χ4v) is 5.70. The van der Waals surface area contributed by atoms with Crippen LogP contribution in [0.5, 0.6) is 0 Å². The van der Waals surface area contributed by atoms with E-state index in [0.717, 1.165) is 23.8 Å². The zero-order chi connectivity index (χ0) is 18.9. The van der Waals surface area contributed by atoms with Crippen LogP contribution in [0.15, 0.2) is 35.5 Å². The summed E-state index contributed by atoms with van der Waals surface area (Å²) in [5.74, 6) is 1.69. The van der Waals surface area contributed by atoms with Crippen molar-refractivity contribution in [3.63, 3.8) is 0 Å². The molecule has 2 fully saturated rings. The van der Waals surface area contributed by atoms with Gasteiger partial charge in [-0.1, -0.05) is 42.1 Å². The Balaban J connectivity index is 1.40. The third kappa shape index (κ3) is 4.70. The Morgan fingerprint density at radius 1 is 1.19 bits per heavy atom. The first-order valence-electron chi connectivity index (χ1n) is 9.10. The number of carbonyl (C=O) groups is 1. The molecule has 1 saturated heterocycles. The van der Waals surface area contributed by atoms with Crippen molar-refractivity contribution >= 4 is 27.5 Å². The van der Waals surface area contributed by atoms with Crippen molar-refractivity contribution in [2.45, 2.75) is 42.9 Å². The molecule has 2 aromatic rings. The molecular weight excluding hydrogens is 384 g/mol. The number of nitrogens with one attached hydrogen (secondary N) is 1. The summed E-state index contributed by atoms with van der Waals surface area (Å²) in [4.78, 5) is 12.2. The summed E-state index contributed by atoms with van der Waals surface area (Å²) in [5.41, 5.74) is 1.17. The van der Waals surface area contributed by atoms with Crippen molar-refractivity contribution in [2.75, 3.05) is 17.3 Å². The van der Waals surface area contributed by atoms with Gasteiger partial charge in [0.1, 0.15) is 5.82 Å². The average Bonchev–Trinajstić information content (AvgIpc) is 3.32. The summed E-state index contributed by atoms with van der Waals surface area (Å²) in [6.07, 6.45) is 2.76. The molecule has 27 heavy (non-hydrogen) atoms. The number of nitrogens with zero attached hydrogens (tertiary/aromatic N) is 3. The van der Waals surface area contributed by atoms with E-state index in [1.807, 2.05) is 18.2 Å². The number of sulfone groups is 1. The molecule has 1 amide bonds. The molecule has 1 aliphatic carbocycles. The van der Waals surface area contributed by atoms with Gasteiger partial charge in [-0.2, -0.15) is 0 Å². The second kappa shape index (κ2) is 7.63. The van der Waals surface area contributed by atoms with E-state index < -0.39 is 9.84 Å². The minimum absolute atomic E-state index is 0.0411. The number of carbonyl (C=O) groups excluding carboxylic acids is 1. The number of benzene rings is 1. The lowest BCUT2D eigenvalue weighted by atomic mass is 10.2. The number of hydrogen-bond donors (Lipinski definition) is 1. The Morgan fingerprint density at radius 2 is 1.96 bits per heavy atom. The summed E-state index contributed by atoms with van der Waals surface area (Å²) in [7, 11) is -3.00. The summed E-state index contributed by atoms with van der Waals surface area (Å²) in [6.45, 7) is 0.685. The van der Waals surface area contributed by atoms with Crippen molar-refractivity contribution in [1.82, 2.24) is 20.1 Å². The largest absolute Gasteiger partial charge is 0.352 e. The number of amides is 1. The van der Waals surface area contributed by atoms with Crippen molar-refractivity contribution in [3.05, 3.63) is 41.7 Å². The lowest BCUT2D eigenvalue weighted by Gasteiger charge is -2.12. The second-order valence-electron chi connectivity index (χ2n) is 7.14. The highest BCUT2D eigenvalue weighted by Gasteiger charge is 2.31. The van der Waals surface area contributed by atoms with Gasteiger partial charge in [-0.25, -0.2) is 8.42 Å². The van der Waals surface area contributed by atoms with Crippen LogP contribution in [0.25, 0.3) is 0 Å². The molecule has 1 aromatic carbocycles. The second-order valence-corrected chi connectivity index (χ2v) is 10.3. The normalized spacial score (nSPS) is 21.3. The highest BCUT2D eigenvalue weighted by atomic mass is 32.2. The van der Waals surface area contributed by atoms with Gasteiger partial charge in [-0.3, -0.25) is 4.79 Å². The van der Waals surface area contributed by atoms with Crippen molar-refractivity contribution < 1.29 is 13.2 Å². The topological polar surface area (TPSA) is 93.9 Å². The zero-order valence-electron chi connectivity index (χ0n) is 14.9. The SMILES string of the molecule is O=C(CSc1nnc(C2CC2)n1Cc1ccccc1)N[C@@H]1CCS(=O)(=O)C1. The van der Waals surface area contributed by atoms with E-state index >= 15 is 0 Å². The molecule has 0 unspecified atom stereocenters. The number of rotatable bonds is 7. The van der Waals surface area contributed by atoms with Crippen molar-refractivity contribution in [2.24, 2.45) is 0 Å². The molecule has 1 aromatic heterocycles. The summed E-state index contributed by atoms with van der Waals surface area (Å²) < 4.78 is 25.1. The predicted octanol–water partition coefficient (Wildman–Crippen LogP) is 1.60. The molecular formula is C18H22N4O3S2. The Bertz CT molecular complexity index is 923. The quantitative estimate of drug-likeness (QED) is 0.702. The highest BCUT2D eigenvalue weighted by molar-refractivity contribution is 7.99. The third-order valence-electron chi connectivity index (χ3n) is 4.80. The minimum Gasteiger partial charge on any atom is -0.352 e. The molecule has 2 heterocycles. The first kappa shape index (κ1) is 18.5.